The SMILES string of the molecule is CCCOc1ccc(C(=O)CC(C)(C)CC(=O)O)cc1Br. The molecule has 0 bridgehead atoms. The van der Waals surface area contributed by atoms with Crippen molar-refractivity contribution in [2.24, 2.45) is 5.41 Å². The van der Waals surface area contributed by atoms with E-state index in [0.29, 0.717) is 17.9 Å². The Labute approximate surface area is 133 Å². The van der Waals surface area contributed by atoms with Crippen molar-refractivity contribution in [3.63, 3.8) is 0 Å². The van der Waals surface area contributed by atoms with Gasteiger partial charge in [-0.3, -0.25) is 9.59 Å². The number of carboxylic acids is 1. The van der Waals surface area contributed by atoms with Crippen LogP contribution in [0.4, 0.5) is 0 Å². The first-order chi connectivity index (χ1) is 9.75. The summed E-state index contributed by atoms with van der Waals surface area (Å²) in [5.41, 5.74) is -0.00329. The van der Waals surface area contributed by atoms with Crippen LogP contribution >= 0.6 is 15.9 Å². The minimum Gasteiger partial charge on any atom is -0.492 e. The zero-order valence-electron chi connectivity index (χ0n) is 12.6. The number of Topliss-reactive ketones (excluding diaryl/α,β-unsaturated/α-hetero) is 1. The van der Waals surface area contributed by atoms with Crippen LogP contribution in [0, 0.1) is 5.41 Å². The number of ether oxygens (including phenoxy) is 1. The van der Waals surface area contributed by atoms with E-state index in [9.17, 15) is 9.59 Å². The summed E-state index contributed by atoms with van der Waals surface area (Å²) in [6, 6.07) is 5.20. The summed E-state index contributed by atoms with van der Waals surface area (Å²) in [7, 11) is 0. The molecule has 0 unspecified atom stereocenters. The zero-order chi connectivity index (χ0) is 16.0. The Balaban J connectivity index is 2.79. The van der Waals surface area contributed by atoms with Gasteiger partial charge in [0.15, 0.2) is 5.78 Å². The van der Waals surface area contributed by atoms with Crippen molar-refractivity contribution in [2.75, 3.05) is 6.61 Å². The van der Waals surface area contributed by atoms with Crippen molar-refractivity contribution in [2.45, 2.75) is 40.0 Å². The van der Waals surface area contributed by atoms with Gasteiger partial charge in [0.1, 0.15) is 5.75 Å². The predicted octanol–water partition coefficient (Wildman–Crippen LogP) is 4.31. The molecule has 0 aliphatic carbocycles. The quantitative estimate of drug-likeness (QED) is 0.704. The average Bonchev–Trinajstić information content (AvgIpc) is 2.34. The van der Waals surface area contributed by atoms with Crippen LogP contribution in [0.5, 0.6) is 5.75 Å². The molecule has 116 valence electrons. The van der Waals surface area contributed by atoms with Crippen LogP contribution in [-0.4, -0.2) is 23.5 Å². The van der Waals surface area contributed by atoms with Gasteiger partial charge in [0.25, 0.3) is 0 Å². The third kappa shape index (κ3) is 5.87. The number of rotatable bonds is 8. The number of aliphatic carboxylic acids is 1. The molecule has 0 saturated heterocycles. The second-order valence-electron chi connectivity index (χ2n) is 5.83. The molecule has 0 saturated carbocycles. The lowest BCUT2D eigenvalue weighted by Gasteiger charge is -2.21. The van der Waals surface area contributed by atoms with E-state index in [-0.39, 0.29) is 18.6 Å². The van der Waals surface area contributed by atoms with Crippen molar-refractivity contribution in [3.05, 3.63) is 28.2 Å². The third-order valence-corrected chi connectivity index (χ3v) is 3.60. The molecule has 4 nitrogen and oxygen atoms in total. The van der Waals surface area contributed by atoms with Gasteiger partial charge in [-0.2, -0.15) is 0 Å². The van der Waals surface area contributed by atoms with Crippen molar-refractivity contribution in [3.8, 4) is 5.75 Å². The van der Waals surface area contributed by atoms with Crippen LogP contribution in [0.15, 0.2) is 22.7 Å². The van der Waals surface area contributed by atoms with E-state index in [1.807, 2.05) is 6.92 Å². The largest absolute Gasteiger partial charge is 0.492 e. The molecular weight excluding hydrogens is 336 g/mol. The summed E-state index contributed by atoms with van der Waals surface area (Å²) in [4.78, 5) is 23.1. The number of hydrogen-bond acceptors (Lipinski definition) is 3. The fraction of sp³-hybridized carbons (Fsp3) is 0.500. The lowest BCUT2D eigenvalue weighted by Crippen LogP contribution is -2.21. The topological polar surface area (TPSA) is 63.6 Å². The fourth-order valence-corrected chi connectivity index (χ4v) is 2.51. The Morgan fingerprint density at radius 2 is 1.95 bits per heavy atom. The first-order valence-electron chi connectivity index (χ1n) is 6.92. The van der Waals surface area contributed by atoms with Gasteiger partial charge in [0.05, 0.1) is 17.5 Å². The first-order valence-corrected chi connectivity index (χ1v) is 7.72. The Bertz CT molecular complexity index is 523. The van der Waals surface area contributed by atoms with Gasteiger partial charge in [-0.05, 0) is 46.0 Å². The molecule has 1 aromatic carbocycles. The minimum absolute atomic E-state index is 0.0302. The maximum absolute atomic E-state index is 12.3. The van der Waals surface area contributed by atoms with E-state index < -0.39 is 11.4 Å². The molecule has 0 heterocycles. The van der Waals surface area contributed by atoms with Gasteiger partial charge in [0, 0.05) is 12.0 Å². The molecular formula is C16H21BrO4. The maximum atomic E-state index is 12.3. The molecule has 21 heavy (non-hydrogen) atoms. The summed E-state index contributed by atoms with van der Waals surface area (Å²) >= 11 is 3.39. The van der Waals surface area contributed by atoms with Crippen molar-refractivity contribution in [1.82, 2.24) is 0 Å². The Hall–Kier alpha value is -1.36. The molecule has 0 aliphatic rings. The number of carbonyl (C=O) groups is 2. The standard InChI is InChI=1S/C16H21BrO4/c1-4-7-21-14-6-5-11(8-12(14)17)13(18)9-16(2,3)10-15(19)20/h5-6,8H,4,7,9-10H2,1-3H3,(H,19,20). The highest BCUT2D eigenvalue weighted by atomic mass is 79.9. The number of ketones is 1. The highest BCUT2D eigenvalue weighted by molar-refractivity contribution is 9.10. The van der Waals surface area contributed by atoms with E-state index in [1.54, 1.807) is 32.0 Å². The molecule has 1 N–H and O–H groups in total. The monoisotopic (exact) mass is 356 g/mol. The van der Waals surface area contributed by atoms with Crippen LogP contribution in [0.25, 0.3) is 0 Å². The predicted molar refractivity (Wildman–Crippen MR) is 84.9 cm³/mol. The molecule has 1 aromatic rings. The summed E-state index contributed by atoms with van der Waals surface area (Å²) in [5, 5.41) is 8.86. The molecule has 1 rings (SSSR count). The van der Waals surface area contributed by atoms with E-state index >= 15 is 0 Å². The van der Waals surface area contributed by atoms with Crippen molar-refractivity contribution < 1.29 is 19.4 Å². The molecule has 0 fully saturated rings. The maximum Gasteiger partial charge on any atom is 0.303 e. The normalized spacial score (nSPS) is 11.2. The first kappa shape index (κ1) is 17.7. The summed E-state index contributed by atoms with van der Waals surface area (Å²) < 4.78 is 6.27. The van der Waals surface area contributed by atoms with E-state index in [1.165, 1.54) is 0 Å². The van der Waals surface area contributed by atoms with Gasteiger partial charge in [-0.15, -0.1) is 0 Å². The van der Waals surface area contributed by atoms with E-state index in [4.69, 9.17) is 9.84 Å². The third-order valence-electron chi connectivity index (χ3n) is 2.98. The van der Waals surface area contributed by atoms with Crippen molar-refractivity contribution in [1.29, 1.82) is 0 Å². The van der Waals surface area contributed by atoms with Crippen molar-refractivity contribution >= 4 is 27.7 Å². The molecule has 0 atom stereocenters. The molecule has 0 aliphatic heterocycles. The second-order valence-corrected chi connectivity index (χ2v) is 6.68. The van der Waals surface area contributed by atoms with Crippen LogP contribution in [0.3, 0.4) is 0 Å². The Morgan fingerprint density at radius 3 is 2.48 bits per heavy atom. The van der Waals surface area contributed by atoms with E-state index in [2.05, 4.69) is 15.9 Å². The van der Waals surface area contributed by atoms with Gasteiger partial charge < -0.3 is 9.84 Å². The highest BCUT2D eigenvalue weighted by Gasteiger charge is 2.26. The average molecular weight is 357 g/mol. The fourth-order valence-electron chi connectivity index (χ4n) is 2.01. The summed E-state index contributed by atoms with van der Waals surface area (Å²) in [5.74, 6) is -0.250. The van der Waals surface area contributed by atoms with Gasteiger partial charge in [-0.1, -0.05) is 20.8 Å². The second kappa shape index (κ2) is 7.59. The molecule has 0 radical (unpaired) electrons. The zero-order valence-corrected chi connectivity index (χ0v) is 14.2. The van der Waals surface area contributed by atoms with Gasteiger partial charge in [-0.25, -0.2) is 0 Å². The van der Waals surface area contributed by atoms with Crippen LogP contribution in [0.2, 0.25) is 0 Å². The summed E-state index contributed by atoms with van der Waals surface area (Å²) in [6.45, 7) is 6.22. The lowest BCUT2D eigenvalue weighted by atomic mass is 9.82. The number of benzene rings is 1. The van der Waals surface area contributed by atoms with Crippen LogP contribution in [0.1, 0.15) is 50.4 Å². The van der Waals surface area contributed by atoms with E-state index in [0.717, 1.165) is 10.9 Å². The van der Waals surface area contributed by atoms with Gasteiger partial charge in [0.2, 0.25) is 0 Å². The number of hydrogen-bond donors (Lipinski definition) is 1. The number of carboxylic acid groups (broad SMARTS) is 1. The highest BCUT2D eigenvalue weighted by Crippen LogP contribution is 2.30. The molecule has 5 heteroatoms. The Morgan fingerprint density at radius 1 is 1.29 bits per heavy atom. The molecule has 0 spiro atoms. The number of carbonyl (C=O) groups excluding carboxylic acids is 1. The molecule has 0 aromatic heterocycles. The van der Waals surface area contributed by atoms with Gasteiger partial charge >= 0.3 is 5.97 Å². The molecule has 0 amide bonds. The van der Waals surface area contributed by atoms with Crippen LogP contribution < -0.4 is 4.74 Å². The minimum atomic E-state index is -0.891. The lowest BCUT2D eigenvalue weighted by molar-refractivity contribution is -0.139. The summed E-state index contributed by atoms with van der Waals surface area (Å²) in [6.07, 6.45) is 1.08. The smallest absolute Gasteiger partial charge is 0.303 e. The van der Waals surface area contributed by atoms with Crippen LogP contribution in [-0.2, 0) is 4.79 Å². The number of halogens is 1. The Kier molecular flexibility index (Phi) is 6.40.